The smallest absolute Gasteiger partial charge is 0.361 e. The summed E-state index contributed by atoms with van der Waals surface area (Å²) in [4.78, 5) is 0. The summed E-state index contributed by atoms with van der Waals surface area (Å²) in [6.07, 6.45) is 14.2. The maximum absolute atomic E-state index is 13.7. The molecule has 0 aromatic heterocycles. The number of hydrogen-bond donors (Lipinski definition) is 1. The molecule has 5 heteroatoms. The van der Waals surface area contributed by atoms with Crippen LogP contribution in [0.15, 0.2) is 0 Å². The van der Waals surface area contributed by atoms with Crippen LogP contribution < -0.4 is 0 Å². The molecule has 4 rings (SSSR count). The Bertz CT molecular complexity index is 789. The Balaban J connectivity index is 1.47. The lowest BCUT2D eigenvalue weighted by Gasteiger charge is -2.62. The molecular formula is C31H57O4P. The van der Waals surface area contributed by atoms with E-state index >= 15 is 0 Å². The fraction of sp³-hybridized carbons (Fsp3) is 1.00. The van der Waals surface area contributed by atoms with Gasteiger partial charge < -0.3 is 14.2 Å². The molecule has 4 nitrogen and oxygen atoms in total. The van der Waals surface area contributed by atoms with Crippen molar-refractivity contribution in [1.29, 1.82) is 0 Å². The van der Waals surface area contributed by atoms with Crippen LogP contribution >= 0.6 is 7.60 Å². The molecule has 0 bridgehead atoms. The van der Waals surface area contributed by atoms with E-state index in [0.29, 0.717) is 37.4 Å². The highest BCUT2D eigenvalue weighted by Gasteiger charge is 2.64. The molecule has 0 heterocycles. The van der Waals surface area contributed by atoms with Crippen LogP contribution in [0.3, 0.4) is 0 Å². The van der Waals surface area contributed by atoms with Crippen molar-refractivity contribution in [3.8, 4) is 0 Å². The van der Waals surface area contributed by atoms with Gasteiger partial charge in [0.05, 0.1) is 13.2 Å². The summed E-state index contributed by atoms with van der Waals surface area (Å²) in [6.45, 7) is 16.7. The van der Waals surface area contributed by atoms with E-state index in [1.807, 2.05) is 13.8 Å². The second-order valence-corrected chi connectivity index (χ2v) is 16.6. The minimum absolute atomic E-state index is 0.237. The Hall–Kier alpha value is 0.110. The van der Waals surface area contributed by atoms with Crippen molar-refractivity contribution in [2.75, 3.05) is 13.2 Å². The van der Waals surface area contributed by atoms with Gasteiger partial charge in [0.15, 0.2) is 5.34 Å². The molecule has 0 radical (unpaired) electrons. The predicted molar refractivity (Wildman–Crippen MR) is 149 cm³/mol. The van der Waals surface area contributed by atoms with Crippen molar-refractivity contribution in [1.82, 2.24) is 0 Å². The molecular weight excluding hydrogens is 467 g/mol. The van der Waals surface area contributed by atoms with Crippen LogP contribution in [0, 0.1) is 52.3 Å². The number of rotatable bonds is 10. The monoisotopic (exact) mass is 524 g/mol. The molecule has 4 saturated carbocycles. The zero-order valence-corrected chi connectivity index (χ0v) is 25.5. The molecule has 210 valence electrons. The largest absolute Gasteiger partial charge is 0.377 e. The molecule has 0 aromatic carbocycles. The third-order valence-electron chi connectivity index (χ3n) is 12.0. The summed E-state index contributed by atoms with van der Waals surface area (Å²) in [5, 5.41) is 10.4. The Kier molecular flexibility index (Phi) is 8.84. The highest BCUT2D eigenvalue weighted by Crippen LogP contribution is 2.72. The van der Waals surface area contributed by atoms with E-state index < -0.39 is 12.9 Å². The Labute approximate surface area is 222 Å². The van der Waals surface area contributed by atoms with E-state index in [-0.39, 0.29) is 5.41 Å². The first-order chi connectivity index (χ1) is 16.9. The fourth-order valence-corrected chi connectivity index (χ4v) is 12.2. The van der Waals surface area contributed by atoms with Gasteiger partial charge in [-0.15, -0.1) is 0 Å². The molecule has 4 fully saturated rings. The molecule has 1 unspecified atom stereocenters. The van der Waals surface area contributed by atoms with Crippen LogP contribution in [0.4, 0.5) is 0 Å². The second kappa shape index (κ2) is 10.9. The average Bonchev–Trinajstić information content (AvgIpc) is 3.17. The van der Waals surface area contributed by atoms with Gasteiger partial charge in [-0.05, 0) is 124 Å². The van der Waals surface area contributed by atoms with Gasteiger partial charge in [0, 0.05) is 0 Å². The van der Waals surface area contributed by atoms with Crippen molar-refractivity contribution >= 4 is 7.60 Å². The molecule has 36 heavy (non-hydrogen) atoms. The number of fused-ring (bicyclic) bond motifs is 5. The molecule has 9 atom stereocenters. The number of aliphatic hydroxyl groups is 1. The Morgan fingerprint density at radius 2 is 1.53 bits per heavy atom. The van der Waals surface area contributed by atoms with E-state index in [2.05, 4.69) is 34.6 Å². The standard InChI is InChI=1S/C31H57O4P/c1-8-34-36(33,35-9-2)31(32)20-19-29(6)24(21-31)13-14-25-27-16-15-26(23(5)12-10-11-22(3)4)30(27,7)18-17-28(25)29/h22-28,32H,8-21H2,1-7H3/t23-,24+,25+,26-,27+,28+,29+,30-,31?/m1/s1. The molecule has 1 N–H and O–H groups in total. The SMILES string of the molecule is CCOP(=O)(OCC)C1(O)CC[C@@]2(C)[C@@H](CC[C@@H]3[C@@H]2CC[C@]2(C)[C@@H]([C@H](C)CCCC(C)C)CC[C@@H]32)C1. The topological polar surface area (TPSA) is 55.8 Å². The van der Waals surface area contributed by atoms with Gasteiger partial charge >= 0.3 is 7.60 Å². The zero-order valence-electron chi connectivity index (χ0n) is 24.6. The van der Waals surface area contributed by atoms with E-state index in [9.17, 15) is 9.67 Å². The van der Waals surface area contributed by atoms with Crippen molar-refractivity contribution in [3.63, 3.8) is 0 Å². The van der Waals surface area contributed by atoms with Crippen LogP contribution in [0.5, 0.6) is 0 Å². The first-order valence-corrected chi connectivity index (χ1v) is 17.1. The third-order valence-corrected chi connectivity index (χ3v) is 14.6. The average molecular weight is 525 g/mol. The second-order valence-electron chi connectivity index (χ2n) is 14.2. The molecule has 0 amide bonds. The van der Waals surface area contributed by atoms with Crippen molar-refractivity contribution in [3.05, 3.63) is 0 Å². The van der Waals surface area contributed by atoms with E-state index in [1.165, 1.54) is 51.4 Å². The minimum atomic E-state index is -3.54. The quantitative estimate of drug-likeness (QED) is 0.290. The van der Waals surface area contributed by atoms with Crippen molar-refractivity contribution in [2.24, 2.45) is 52.3 Å². The van der Waals surface area contributed by atoms with E-state index in [0.717, 1.165) is 48.3 Å². The first kappa shape index (κ1) is 29.1. The third kappa shape index (κ3) is 4.93. The van der Waals surface area contributed by atoms with Crippen LogP contribution in [-0.2, 0) is 13.6 Å². The summed E-state index contributed by atoms with van der Waals surface area (Å²) < 4.78 is 25.0. The Morgan fingerprint density at radius 3 is 2.17 bits per heavy atom. The van der Waals surface area contributed by atoms with Crippen molar-refractivity contribution in [2.45, 2.75) is 131 Å². The minimum Gasteiger partial charge on any atom is -0.377 e. The van der Waals surface area contributed by atoms with Crippen LogP contribution in [-0.4, -0.2) is 23.7 Å². The van der Waals surface area contributed by atoms with Gasteiger partial charge in [-0.2, -0.15) is 0 Å². The normalized spacial score (nSPS) is 43.6. The lowest BCUT2D eigenvalue weighted by atomic mass is 9.44. The number of hydrogen-bond acceptors (Lipinski definition) is 4. The van der Waals surface area contributed by atoms with Gasteiger partial charge in [0.1, 0.15) is 0 Å². The molecule has 0 spiro atoms. The summed E-state index contributed by atoms with van der Waals surface area (Å²) in [5.74, 6) is 5.40. The van der Waals surface area contributed by atoms with Crippen LogP contribution in [0.2, 0.25) is 0 Å². The summed E-state index contributed by atoms with van der Waals surface area (Å²) in [6, 6.07) is 0. The highest BCUT2D eigenvalue weighted by molar-refractivity contribution is 7.55. The van der Waals surface area contributed by atoms with Gasteiger partial charge in [-0.25, -0.2) is 0 Å². The molecule has 0 aromatic rings. The lowest BCUT2D eigenvalue weighted by molar-refractivity contribution is -0.139. The maximum atomic E-state index is 13.7. The Morgan fingerprint density at radius 1 is 0.861 bits per heavy atom. The fourth-order valence-electron chi connectivity index (χ4n) is 10.1. The zero-order chi connectivity index (χ0) is 26.4. The predicted octanol–water partition coefficient (Wildman–Crippen LogP) is 9.06. The van der Waals surface area contributed by atoms with Gasteiger partial charge in [-0.3, -0.25) is 4.57 Å². The molecule has 0 aliphatic heterocycles. The molecule has 4 aliphatic rings. The van der Waals surface area contributed by atoms with Gasteiger partial charge in [-0.1, -0.05) is 53.9 Å². The summed E-state index contributed by atoms with van der Waals surface area (Å²) in [5.41, 5.74) is 0.747. The molecule has 4 aliphatic carbocycles. The lowest BCUT2D eigenvalue weighted by Crippen LogP contribution is -2.56. The van der Waals surface area contributed by atoms with E-state index in [4.69, 9.17) is 9.05 Å². The van der Waals surface area contributed by atoms with Crippen LogP contribution in [0.25, 0.3) is 0 Å². The summed E-state index contributed by atoms with van der Waals surface area (Å²) >= 11 is 0. The van der Waals surface area contributed by atoms with Crippen LogP contribution in [0.1, 0.15) is 126 Å². The first-order valence-electron chi connectivity index (χ1n) is 15.6. The maximum Gasteiger partial charge on any atom is 0.361 e. The highest BCUT2D eigenvalue weighted by atomic mass is 31.2. The van der Waals surface area contributed by atoms with Crippen molar-refractivity contribution < 1.29 is 18.7 Å². The van der Waals surface area contributed by atoms with E-state index in [1.54, 1.807) is 0 Å². The summed E-state index contributed by atoms with van der Waals surface area (Å²) in [7, 11) is -3.54. The van der Waals surface area contributed by atoms with Gasteiger partial charge in [0.25, 0.3) is 0 Å². The molecule has 0 saturated heterocycles. The van der Waals surface area contributed by atoms with Gasteiger partial charge in [0.2, 0.25) is 0 Å².